The van der Waals surface area contributed by atoms with Gasteiger partial charge in [-0.25, -0.2) is 0 Å². The molecule has 0 atom stereocenters. The van der Waals surface area contributed by atoms with Gasteiger partial charge in [0.25, 0.3) is 5.91 Å². The zero-order valence-corrected chi connectivity index (χ0v) is 10.7. The van der Waals surface area contributed by atoms with Gasteiger partial charge in [0.05, 0.1) is 13.0 Å². The quantitative estimate of drug-likeness (QED) is 0.763. The van der Waals surface area contributed by atoms with Crippen molar-refractivity contribution in [1.29, 1.82) is 0 Å². The van der Waals surface area contributed by atoms with Gasteiger partial charge in [-0.1, -0.05) is 13.8 Å². The lowest BCUT2D eigenvalue weighted by Crippen LogP contribution is -2.25. The van der Waals surface area contributed by atoms with Crippen molar-refractivity contribution in [2.45, 2.75) is 33.2 Å². The summed E-state index contributed by atoms with van der Waals surface area (Å²) in [7, 11) is 0. The van der Waals surface area contributed by atoms with E-state index in [2.05, 4.69) is 24.3 Å². The molecule has 0 unspecified atom stereocenters. The van der Waals surface area contributed by atoms with Crippen molar-refractivity contribution in [3.63, 3.8) is 0 Å². The molecule has 6 nitrogen and oxygen atoms in total. The van der Waals surface area contributed by atoms with Crippen molar-refractivity contribution < 1.29 is 14.7 Å². The van der Waals surface area contributed by atoms with Crippen molar-refractivity contribution in [3.8, 4) is 0 Å². The number of amides is 1. The number of carboxylic acid groups (broad SMARTS) is 1. The Hall–Kier alpha value is -1.85. The van der Waals surface area contributed by atoms with E-state index >= 15 is 0 Å². The predicted molar refractivity (Wildman–Crippen MR) is 66.3 cm³/mol. The Morgan fingerprint density at radius 3 is 2.83 bits per heavy atom. The van der Waals surface area contributed by atoms with Gasteiger partial charge in [-0.05, 0) is 18.4 Å². The monoisotopic (exact) mass is 253 g/mol. The van der Waals surface area contributed by atoms with Crippen LogP contribution in [0.4, 0.5) is 0 Å². The van der Waals surface area contributed by atoms with Crippen molar-refractivity contribution >= 4 is 11.9 Å². The molecule has 0 spiro atoms. The Bertz CT molecular complexity index is 412. The maximum Gasteiger partial charge on any atom is 0.305 e. The van der Waals surface area contributed by atoms with E-state index in [1.165, 1.54) is 4.68 Å². The molecule has 1 aromatic rings. The summed E-state index contributed by atoms with van der Waals surface area (Å²) in [5.74, 6) is -0.559. The average molecular weight is 253 g/mol. The number of hydrogen-bond acceptors (Lipinski definition) is 3. The number of carbonyl (C=O) groups excluding carboxylic acids is 1. The number of hydrogen-bond donors (Lipinski definition) is 2. The van der Waals surface area contributed by atoms with E-state index in [0.29, 0.717) is 18.2 Å². The van der Waals surface area contributed by atoms with Gasteiger partial charge < -0.3 is 10.4 Å². The first kappa shape index (κ1) is 14.2. The van der Waals surface area contributed by atoms with Gasteiger partial charge in [-0.2, -0.15) is 5.10 Å². The minimum absolute atomic E-state index is 0.00388. The summed E-state index contributed by atoms with van der Waals surface area (Å²) < 4.78 is 1.46. The van der Waals surface area contributed by atoms with E-state index in [1.54, 1.807) is 12.3 Å². The number of carbonyl (C=O) groups is 2. The van der Waals surface area contributed by atoms with Gasteiger partial charge in [-0.3, -0.25) is 14.3 Å². The third-order valence-corrected chi connectivity index (χ3v) is 2.44. The number of carboxylic acids is 1. The zero-order valence-electron chi connectivity index (χ0n) is 10.7. The lowest BCUT2D eigenvalue weighted by Gasteiger charge is -2.05. The molecule has 0 aromatic carbocycles. The molecule has 6 heteroatoms. The molecule has 0 bridgehead atoms. The summed E-state index contributed by atoms with van der Waals surface area (Å²) >= 11 is 0. The number of aryl methyl sites for hydroxylation is 1. The molecule has 0 fully saturated rings. The van der Waals surface area contributed by atoms with E-state index in [1.807, 2.05) is 0 Å². The van der Waals surface area contributed by atoms with Crippen LogP contribution in [0.25, 0.3) is 0 Å². The Balaban J connectivity index is 2.41. The van der Waals surface area contributed by atoms with Crippen LogP contribution in [0.1, 0.15) is 37.2 Å². The van der Waals surface area contributed by atoms with Crippen LogP contribution >= 0.6 is 0 Å². The van der Waals surface area contributed by atoms with Crippen molar-refractivity contribution in [3.05, 3.63) is 18.0 Å². The molecule has 1 rings (SSSR count). The molecule has 2 N–H and O–H groups in total. The highest BCUT2D eigenvalue weighted by molar-refractivity contribution is 5.92. The fourth-order valence-corrected chi connectivity index (χ4v) is 1.38. The summed E-state index contributed by atoms with van der Waals surface area (Å²) in [5, 5.41) is 15.3. The summed E-state index contributed by atoms with van der Waals surface area (Å²) in [6.45, 7) is 5.08. The van der Waals surface area contributed by atoms with Crippen molar-refractivity contribution in [1.82, 2.24) is 15.1 Å². The number of aliphatic carboxylic acids is 1. The molecule has 0 saturated heterocycles. The van der Waals surface area contributed by atoms with Crippen LogP contribution in [-0.4, -0.2) is 33.3 Å². The lowest BCUT2D eigenvalue weighted by molar-refractivity contribution is -0.137. The van der Waals surface area contributed by atoms with Gasteiger partial charge in [-0.15, -0.1) is 0 Å². The summed E-state index contributed by atoms with van der Waals surface area (Å²) in [4.78, 5) is 22.1. The van der Waals surface area contributed by atoms with Gasteiger partial charge in [0, 0.05) is 12.7 Å². The zero-order chi connectivity index (χ0) is 13.5. The van der Waals surface area contributed by atoms with Crippen LogP contribution in [0.5, 0.6) is 0 Å². The van der Waals surface area contributed by atoms with E-state index in [0.717, 1.165) is 6.42 Å². The Morgan fingerprint density at radius 1 is 1.50 bits per heavy atom. The normalized spacial score (nSPS) is 10.6. The second kappa shape index (κ2) is 6.78. The molecule has 1 aromatic heterocycles. The molecule has 0 aliphatic carbocycles. The standard InChI is InChI=1S/C12H19N3O3/c1-9(2)3-6-13-12(18)10-4-7-15(14-10)8-5-11(16)17/h4,7,9H,3,5-6,8H2,1-2H3,(H,13,18)(H,16,17). The molecule has 0 aliphatic heterocycles. The molecule has 18 heavy (non-hydrogen) atoms. The SMILES string of the molecule is CC(C)CCNC(=O)c1ccn(CCC(=O)O)n1. The summed E-state index contributed by atoms with van der Waals surface area (Å²) in [5.41, 5.74) is 0.323. The molecule has 0 radical (unpaired) electrons. The number of nitrogens with one attached hydrogen (secondary N) is 1. The molecular weight excluding hydrogens is 234 g/mol. The smallest absolute Gasteiger partial charge is 0.305 e. The van der Waals surface area contributed by atoms with Crippen LogP contribution in [-0.2, 0) is 11.3 Å². The molecule has 0 saturated carbocycles. The number of aromatic nitrogens is 2. The van der Waals surface area contributed by atoms with E-state index < -0.39 is 5.97 Å². The second-order valence-corrected chi connectivity index (χ2v) is 4.55. The van der Waals surface area contributed by atoms with Crippen LogP contribution in [0.2, 0.25) is 0 Å². The van der Waals surface area contributed by atoms with E-state index in [4.69, 9.17) is 5.11 Å². The molecule has 1 amide bonds. The Labute approximate surface area is 106 Å². The molecular formula is C12H19N3O3. The Morgan fingerprint density at radius 2 is 2.22 bits per heavy atom. The van der Waals surface area contributed by atoms with Crippen LogP contribution < -0.4 is 5.32 Å². The number of rotatable bonds is 7. The highest BCUT2D eigenvalue weighted by atomic mass is 16.4. The van der Waals surface area contributed by atoms with Crippen LogP contribution in [0, 0.1) is 5.92 Å². The second-order valence-electron chi connectivity index (χ2n) is 4.55. The first-order valence-corrected chi connectivity index (χ1v) is 6.02. The maximum absolute atomic E-state index is 11.7. The van der Waals surface area contributed by atoms with Crippen molar-refractivity contribution in [2.24, 2.45) is 5.92 Å². The molecule has 1 heterocycles. The summed E-state index contributed by atoms with van der Waals surface area (Å²) in [6, 6.07) is 1.59. The molecule has 100 valence electrons. The van der Waals surface area contributed by atoms with Gasteiger partial charge >= 0.3 is 5.97 Å². The first-order valence-electron chi connectivity index (χ1n) is 6.02. The third-order valence-electron chi connectivity index (χ3n) is 2.44. The van der Waals surface area contributed by atoms with Gasteiger partial charge in [0.2, 0.25) is 0 Å². The minimum atomic E-state index is -0.881. The highest BCUT2D eigenvalue weighted by Gasteiger charge is 2.09. The van der Waals surface area contributed by atoms with Crippen LogP contribution in [0.3, 0.4) is 0 Å². The highest BCUT2D eigenvalue weighted by Crippen LogP contribution is 1.99. The average Bonchev–Trinajstić information content (AvgIpc) is 2.74. The van der Waals surface area contributed by atoms with E-state index in [-0.39, 0.29) is 18.9 Å². The minimum Gasteiger partial charge on any atom is -0.481 e. The lowest BCUT2D eigenvalue weighted by atomic mass is 10.1. The largest absolute Gasteiger partial charge is 0.481 e. The number of nitrogens with zero attached hydrogens (tertiary/aromatic N) is 2. The van der Waals surface area contributed by atoms with Gasteiger partial charge in [0.1, 0.15) is 5.69 Å². The Kier molecular flexibility index (Phi) is 5.35. The first-order chi connectivity index (χ1) is 8.49. The summed E-state index contributed by atoms with van der Waals surface area (Å²) in [6.07, 6.45) is 2.53. The fourth-order valence-electron chi connectivity index (χ4n) is 1.38. The van der Waals surface area contributed by atoms with E-state index in [9.17, 15) is 9.59 Å². The fraction of sp³-hybridized carbons (Fsp3) is 0.583. The van der Waals surface area contributed by atoms with Crippen LogP contribution in [0.15, 0.2) is 12.3 Å². The molecule has 0 aliphatic rings. The van der Waals surface area contributed by atoms with Gasteiger partial charge in [0.15, 0.2) is 0 Å². The third kappa shape index (κ3) is 4.99. The maximum atomic E-state index is 11.7. The van der Waals surface area contributed by atoms with Crippen molar-refractivity contribution in [2.75, 3.05) is 6.54 Å². The topological polar surface area (TPSA) is 84.2 Å². The predicted octanol–water partition coefficient (Wildman–Crippen LogP) is 1.13.